The van der Waals surface area contributed by atoms with E-state index < -0.39 is 17.0 Å². The van der Waals surface area contributed by atoms with E-state index in [2.05, 4.69) is 10.8 Å². The third-order valence-corrected chi connectivity index (χ3v) is 1.08. The maximum atomic E-state index is 10.4. The first-order valence-electron chi connectivity index (χ1n) is 2.63. The zero-order chi connectivity index (χ0) is 7.98. The highest BCUT2D eigenvalue weighted by atomic mass is 32.2. The van der Waals surface area contributed by atoms with Gasteiger partial charge in [-0.1, -0.05) is 6.08 Å². The van der Waals surface area contributed by atoms with Crippen molar-refractivity contribution in [1.29, 1.82) is 0 Å². The summed E-state index contributed by atoms with van der Waals surface area (Å²) in [5.74, 6) is -0.740. The number of thiol groups is 1. The van der Waals surface area contributed by atoms with Gasteiger partial charge in [0.2, 0.25) is 0 Å². The van der Waals surface area contributed by atoms with Crippen LogP contribution in [0.2, 0.25) is 0 Å². The Morgan fingerprint density at radius 2 is 2.20 bits per heavy atom. The lowest BCUT2D eigenvalue weighted by Crippen LogP contribution is -2.01. The van der Waals surface area contributed by atoms with Crippen molar-refractivity contribution in [2.75, 3.05) is 0 Å². The minimum Gasteiger partial charge on any atom is -0.348 e. The van der Waals surface area contributed by atoms with Crippen LogP contribution in [0.3, 0.4) is 0 Å². The van der Waals surface area contributed by atoms with Crippen LogP contribution in [0.15, 0.2) is 12.7 Å². The average Bonchev–Trinajstić information content (AvgIpc) is 1.82. The van der Waals surface area contributed by atoms with E-state index in [-0.39, 0.29) is 6.42 Å². The predicted molar refractivity (Wildman–Crippen MR) is 35.8 cm³/mol. The van der Waals surface area contributed by atoms with E-state index in [1.807, 2.05) is 0 Å². The molecule has 0 saturated carbocycles. The van der Waals surface area contributed by atoms with Gasteiger partial charge >= 0.3 is 17.0 Å². The minimum absolute atomic E-state index is 0.0623. The Kier molecular flexibility index (Phi) is 4.57. The van der Waals surface area contributed by atoms with E-state index in [1.54, 1.807) is 0 Å². The van der Waals surface area contributed by atoms with E-state index in [4.69, 9.17) is 0 Å². The van der Waals surface area contributed by atoms with Crippen molar-refractivity contribution < 1.29 is 17.4 Å². The Hall–Kier alpha value is -0.840. The van der Waals surface area contributed by atoms with Crippen LogP contribution >= 0.6 is 0 Å². The summed E-state index contributed by atoms with van der Waals surface area (Å²) in [6.45, 7) is 3.35. The van der Waals surface area contributed by atoms with Gasteiger partial charge in [-0.15, -0.1) is 6.58 Å². The number of hydrogen-bond acceptors (Lipinski definition) is 4. The van der Waals surface area contributed by atoms with Crippen LogP contribution in [-0.4, -0.2) is 14.4 Å². The van der Waals surface area contributed by atoms with Gasteiger partial charge in [-0.05, 0) is 6.42 Å². The third kappa shape index (κ3) is 5.30. The Morgan fingerprint density at radius 3 is 2.60 bits per heavy atom. The Balaban J connectivity index is 3.53. The van der Waals surface area contributed by atoms with Crippen LogP contribution in [0.4, 0.5) is 0 Å². The molecule has 0 radical (unpaired) electrons. The zero-order valence-corrected chi connectivity index (χ0v) is 6.17. The van der Waals surface area contributed by atoms with E-state index in [1.165, 1.54) is 6.08 Å². The zero-order valence-electron chi connectivity index (χ0n) is 5.28. The molecular weight excluding hydrogens is 156 g/mol. The van der Waals surface area contributed by atoms with Crippen LogP contribution in [0.1, 0.15) is 12.8 Å². The van der Waals surface area contributed by atoms with Crippen molar-refractivity contribution in [1.82, 2.24) is 0 Å². The molecule has 0 heterocycles. The molecular formula is C5H8O4S. The van der Waals surface area contributed by atoms with E-state index >= 15 is 0 Å². The molecule has 10 heavy (non-hydrogen) atoms. The maximum absolute atomic E-state index is 10.4. The van der Waals surface area contributed by atoms with Gasteiger partial charge in [-0.2, -0.15) is 8.42 Å². The van der Waals surface area contributed by atoms with Gasteiger partial charge in [0.1, 0.15) is 0 Å². The van der Waals surface area contributed by atoms with Crippen LogP contribution < -0.4 is 0 Å². The number of rotatable bonds is 4. The van der Waals surface area contributed by atoms with Crippen LogP contribution in [0, 0.1) is 0 Å². The summed E-state index contributed by atoms with van der Waals surface area (Å²) in [4.78, 5) is 10.4. The quantitative estimate of drug-likeness (QED) is 0.470. The smallest absolute Gasteiger partial charge is 0.322 e. The summed E-state index contributed by atoms with van der Waals surface area (Å²) < 4.78 is 23.3. The maximum Gasteiger partial charge on any atom is 0.322 e. The molecule has 0 saturated heterocycles. The monoisotopic (exact) mass is 164 g/mol. The van der Waals surface area contributed by atoms with E-state index in [9.17, 15) is 13.2 Å². The summed E-state index contributed by atoms with van der Waals surface area (Å²) in [6.07, 6.45) is 2.01. The number of hydrogen-bond donors (Lipinski definition) is 1. The highest BCUT2D eigenvalue weighted by Crippen LogP contribution is 1.92. The fourth-order valence-electron chi connectivity index (χ4n) is 0.349. The second-order valence-corrected chi connectivity index (χ2v) is 2.14. The molecule has 0 amide bonds. The molecule has 0 aliphatic carbocycles. The van der Waals surface area contributed by atoms with Gasteiger partial charge in [0.25, 0.3) is 0 Å². The van der Waals surface area contributed by atoms with Crippen LogP contribution in [0.5, 0.6) is 0 Å². The highest BCUT2D eigenvalue weighted by Gasteiger charge is 2.00. The van der Waals surface area contributed by atoms with Crippen molar-refractivity contribution in [3.63, 3.8) is 0 Å². The van der Waals surface area contributed by atoms with E-state index in [0.717, 1.165) is 0 Å². The molecule has 0 aromatic rings. The molecule has 0 aromatic carbocycles. The molecule has 0 bridgehead atoms. The minimum atomic E-state index is -3.04. The first-order chi connectivity index (χ1) is 4.66. The lowest BCUT2D eigenvalue weighted by molar-refractivity contribution is -0.133. The molecule has 0 aromatic heterocycles. The summed E-state index contributed by atoms with van der Waals surface area (Å²) in [5.41, 5.74) is 0. The highest BCUT2D eigenvalue weighted by molar-refractivity contribution is 7.67. The fraction of sp³-hybridized carbons (Fsp3) is 0.400. The fourth-order valence-corrected chi connectivity index (χ4v) is 0.606. The Morgan fingerprint density at radius 1 is 1.60 bits per heavy atom. The third-order valence-electron chi connectivity index (χ3n) is 0.729. The van der Waals surface area contributed by atoms with Crippen molar-refractivity contribution in [2.45, 2.75) is 12.8 Å². The molecule has 0 fully saturated rings. The molecule has 0 unspecified atom stereocenters. The van der Waals surface area contributed by atoms with Gasteiger partial charge < -0.3 is 4.18 Å². The van der Waals surface area contributed by atoms with Gasteiger partial charge in [-0.3, -0.25) is 4.79 Å². The summed E-state index contributed by atoms with van der Waals surface area (Å²) in [7, 11) is -3.04. The summed E-state index contributed by atoms with van der Waals surface area (Å²) in [5, 5.41) is 0. The summed E-state index contributed by atoms with van der Waals surface area (Å²) in [6, 6.07) is 0. The second-order valence-electron chi connectivity index (χ2n) is 1.51. The predicted octanol–water partition coefficient (Wildman–Crippen LogP) is 0.0222. The standard InChI is InChI=1S/C5H8O4S/c1-2-3-4-5(6)9-10(7)8/h2,10H,1,3-4H2. The topological polar surface area (TPSA) is 60.4 Å². The molecule has 0 aliphatic rings. The molecule has 0 N–H and O–H groups in total. The first kappa shape index (κ1) is 9.16. The molecule has 0 aliphatic heterocycles. The van der Waals surface area contributed by atoms with Crippen molar-refractivity contribution in [2.24, 2.45) is 0 Å². The van der Waals surface area contributed by atoms with Gasteiger partial charge in [0.05, 0.1) is 6.42 Å². The van der Waals surface area contributed by atoms with Crippen LogP contribution in [0.25, 0.3) is 0 Å². The molecule has 58 valence electrons. The molecule has 0 atom stereocenters. The Bertz CT molecular complexity index is 186. The largest absolute Gasteiger partial charge is 0.348 e. The van der Waals surface area contributed by atoms with Gasteiger partial charge in [-0.25, -0.2) is 0 Å². The van der Waals surface area contributed by atoms with Crippen LogP contribution in [-0.2, 0) is 20.0 Å². The number of carbonyl (C=O) groups is 1. The average molecular weight is 164 g/mol. The number of carbonyl (C=O) groups excluding carboxylic acids is 1. The van der Waals surface area contributed by atoms with Gasteiger partial charge in [0.15, 0.2) is 0 Å². The molecule has 4 nitrogen and oxygen atoms in total. The van der Waals surface area contributed by atoms with Crippen molar-refractivity contribution >= 4 is 17.0 Å². The lowest BCUT2D eigenvalue weighted by Gasteiger charge is -1.91. The Labute approximate surface area is 60.7 Å². The second kappa shape index (κ2) is 4.99. The summed E-state index contributed by atoms with van der Waals surface area (Å²) >= 11 is 0. The lowest BCUT2D eigenvalue weighted by atomic mass is 10.3. The first-order valence-corrected chi connectivity index (χ1v) is 3.72. The van der Waals surface area contributed by atoms with E-state index in [0.29, 0.717) is 6.42 Å². The molecule has 5 heteroatoms. The van der Waals surface area contributed by atoms with Crippen molar-refractivity contribution in [3.8, 4) is 0 Å². The van der Waals surface area contributed by atoms with Crippen molar-refractivity contribution in [3.05, 3.63) is 12.7 Å². The van der Waals surface area contributed by atoms with Gasteiger partial charge in [0, 0.05) is 0 Å². The normalized spacial score (nSPS) is 9.30. The molecule has 0 rings (SSSR count). The SMILES string of the molecule is C=CCCC(=O)O[SH](=O)=O. The number of allylic oxidation sites excluding steroid dienone is 1. The molecule has 0 spiro atoms.